The lowest BCUT2D eigenvalue weighted by Gasteiger charge is -2.28. The van der Waals surface area contributed by atoms with E-state index in [-0.39, 0.29) is 0 Å². The zero-order valence-electron chi connectivity index (χ0n) is 11.0. The van der Waals surface area contributed by atoms with Gasteiger partial charge >= 0.3 is 0 Å². The molecule has 0 atom stereocenters. The Morgan fingerprint density at radius 2 is 2.32 bits per heavy atom. The molecule has 1 aliphatic rings. The second kappa shape index (κ2) is 5.21. The van der Waals surface area contributed by atoms with Crippen LogP contribution in [0.5, 0.6) is 0 Å². The van der Waals surface area contributed by atoms with E-state index in [4.69, 9.17) is 0 Å². The second-order valence-electron chi connectivity index (χ2n) is 4.53. The van der Waals surface area contributed by atoms with Gasteiger partial charge in [0.25, 0.3) is 0 Å². The SMILES string of the molecule is CCCNc1nccc(N2CCn3cnnc3C2)n1. The third kappa shape index (κ3) is 2.49. The molecule has 3 rings (SSSR count). The largest absolute Gasteiger partial charge is 0.354 e. The van der Waals surface area contributed by atoms with Crippen LogP contribution >= 0.6 is 0 Å². The Labute approximate surface area is 111 Å². The van der Waals surface area contributed by atoms with E-state index in [0.717, 1.165) is 44.2 Å². The smallest absolute Gasteiger partial charge is 0.224 e. The number of anilines is 2. The molecule has 0 spiro atoms. The molecule has 7 heteroatoms. The lowest BCUT2D eigenvalue weighted by Crippen LogP contribution is -2.34. The van der Waals surface area contributed by atoms with Gasteiger partial charge in [0.1, 0.15) is 12.1 Å². The first-order valence-electron chi connectivity index (χ1n) is 6.55. The number of aromatic nitrogens is 5. The van der Waals surface area contributed by atoms with Crippen molar-refractivity contribution in [1.29, 1.82) is 0 Å². The number of nitrogens with one attached hydrogen (secondary N) is 1. The molecule has 0 aliphatic carbocycles. The summed E-state index contributed by atoms with van der Waals surface area (Å²) in [6, 6.07) is 1.93. The predicted molar refractivity (Wildman–Crippen MR) is 71.9 cm³/mol. The normalized spacial score (nSPS) is 14.3. The fourth-order valence-corrected chi connectivity index (χ4v) is 2.11. The minimum atomic E-state index is 0.686. The molecule has 0 aromatic carbocycles. The van der Waals surface area contributed by atoms with Gasteiger partial charge in [0, 0.05) is 25.8 Å². The van der Waals surface area contributed by atoms with Gasteiger partial charge in [-0.2, -0.15) is 4.98 Å². The van der Waals surface area contributed by atoms with Crippen LogP contribution in [-0.2, 0) is 13.1 Å². The molecule has 100 valence electrons. The molecule has 0 amide bonds. The number of hydrogen-bond donors (Lipinski definition) is 1. The predicted octanol–water partition coefficient (Wildman–Crippen LogP) is 0.910. The van der Waals surface area contributed by atoms with Crippen LogP contribution in [0.25, 0.3) is 0 Å². The Balaban J connectivity index is 1.76. The van der Waals surface area contributed by atoms with Gasteiger partial charge in [-0.15, -0.1) is 10.2 Å². The highest BCUT2D eigenvalue weighted by Gasteiger charge is 2.18. The van der Waals surface area contributed by atoms with E-state index in [1.54, 1.807) is 12.5 Å². The molecule has 0 unspecified atom stereocenters. The van der Waals surface area contributed by atoms with Gasteiger partial charge in [0.05, 0.1) is 6.54 Å². The van der Waals surface area contributed by atoms with Gasteiger partial charge in [-0.3, -0.25) is 0 Å². The van der Waals surface area contributed by atoms with E-state index in [9.17, 15) is 0 Å². The van der Waals surface area contributed by atoms with Crippen LogP contribution in [0.3, 0.4) is 0 Å². The first-order chi connectivity index (χ1) is 9.36. The Morgan fingerprint density at radius 1 is 1.37 bits per heavy atom. The van der Waals surface area contributed by atoms with Crippen molar-refractivity contribution in [1.82, 2.24) is 24.7 Å². The summed E-state index contributed by atoms with van der Waals surface area (Å²) in [6.07, 6.45) is 4.63. The highest BCUT2D eigenvalue weighted by atomic mass is 15.3. The van der Waals surface area contributed by atoms with Gasteiger partial charge < -0.3 is 14.8 Å². The zero-order chi connectivity index (χ0) is 13.1. The number of hydrogen-bond acceptors (Lipinski definition) is 6. The summed E-state index contributed by atoms with van der Waals surface area (Å²) in [4.78, 5) is 11.0. The zero-order valence-corrected chi connectivity index (χ0v) is 11.0. The molecule has 0 fully saturated rings. The van der Waals surface area contributed by atoms with Crippen LogP contribution in [-0.4, -0.2) is 37.8 Å². The maximum atomic E-state index is 4.54. The van der Waals surface area contributed by atoms with Crippen molar-refractivity contribution in [2.75, 3.05) is 23.3 Å². The molecule has 7 nitrogen and oxygen atoms in total. The standard InChI is InChI=1S/C12H17N7/c1-2-4-13-12-14-5-3-10(16-12)18-6-7-19-9-15-17-11(19)8-18/h3,5,9H,2,4,6-8H2,1H3,(H,13,14,16). The lowest BCUT2D eigenvalue weighted by atomic mass is 10.3. The van der Waals surface area contributed by atoms with Crippen LogP contribution in [0.2, 0.25) is 0 Å². The van der Waals surface area contributed by atoms with Crippen molar-refractivity contribution in [3.8, 4) is 0 Å². The first kappa shape index (κ1) is 11.9. The van der Waals surface area contributed by atoms with E-state index in [1.165, 1.54) is 0 Å². The topological polar surface area (TPSA) is 71.8 Å². The molecule has 0 saturated carbocycles. The van der Waals surface area contributed by atoms with E-state index in [0.29, 0.717) is 5.95 Å². The first-order valence-corrected chi connectivity index (χ1v) is 6.55. The summed E-state index contributed by atoms with van der Waals surface area (Å²) >= 11 is 0. The Morgan fingerprint density at radius 3 is 3.21 bits per heavy atom. The average Bonchev–Trinajstić information content (AvgIpc) is 2.92. The summed E-state index contributed by atoms with van der Waals surface area (Å²) in [5, 5.41) is 11.3. The minimum absolute atomic E-state index is 0.686. The van der Waals surface area contributed by atoms with E-state index < -0.39 is 0 Å². The van der Waals surface area contributed by atoms with Crippen molar-refractivity contribution in [3.05, 3.63) is 24.4 Å². The van der Waals surface area contributed by atoms with Gasteiger partial charge in [0.2, 0.25) is 5.95 Å². The minimum Gasteiger partial charge on any atom is -0.354 e. The summed E-state index contributed by atoms with van der Waals surface area (Å²) in [5.74, 6) is 2.60. The number of rotatable bonds is 4. The van der Waals surface area contributed by atoms with Gasteiger partial charge in [-0.25, -0.2) is 4.98 Å². The molecule has 0 saturated heterocycles. The number of nitrogens with zero attached hydrogens (tertiary/aromatic N) is 6. The molecule has 0 radical (unpaired) electrons. The van der Waals surface area contributed by atoms with Crippen LogP contribution in [0.1, 0.15) is 19.2 Å². The highest BCUT2D eigenvalue weighted by molar-refractivity contribution is 5.43. The molecular formula is C12H17N7. The molecule has 1 aliphatic heterocycles. The molecule has 1 N–H and O–H groups in total. The van der Waals surface area contributed by atoms with E-state index >= 15 is 0 Å². The molecular weight excluding hydrogens is 242 g/mol. The fourth-order valence-electron chi connectivity index (χ4n) is 2.11. The van der Waals surface area contributed by atoms with Crippen LogP contribution < -0.4 is 10.2 Å². The maximum Gasteiger partial charge on any atom is 0.224 e. The van der Waals surface area contributed by atoms with Crippen molar-refractivity contribution in [2.24, 2.45) is 0 Å². The third-order valence-electron chi connectivity index (χ3n) is 3.14. The summed E-state index contributed by atoms with van der Waals surface area (Å²) in [5.41, 5.74) is 0. The van der Waals surface area contributed by atoms with Crippen molar-refractivity contribution >= 4 is 11.8 Å². The molecule has 0 bridgehead atoms. The number of fused-ring (bicyclic) bond motifs is 1. The molecule has 19 heavy (non-hydrogen) atoms. The Kier molecular flexibility index (Phi) is 3.26. The Bertz CT molecular complexity index is 551. The van der Waals surface area contributed by atoms with Gasteiger partial charge in [0.15, 0.2) is 5.82 Å². The quantitative estimate of drug-likeness (QED) is 0.880. The maximum absolute atomic E-state index is 4.54. The highest BCUT2D eigenvalue weighted by Crippen LogP contribution is 2.18. The average molecular weight is 259 g/mol. The van der Waals surface area contributed by atoms with Crippen LogP contribution in [0, 0.1) is 0 Å². The van der Waals surface area contributed by atoms with Gasteiger partial charge in [-0.1, -0.05) is 6.92 Å². The molecule has 3 heterocycles. The van der Waals surface area contributed by atoms with Crippen LogP contribution in [0.15, 0.2) is 18.6 Å². The van der Waals surface area contributed by atoms with Crippen molar-refractivity contribution < 1.29 is 0 Å². The van der Waals surface area contributed by atoms with Gasteiger partial charge in [-0.05, 0) is 12.5 Å². The third-order valence-corrected chi connectivity index (χ3v) is 3.14. The molecule has 2 aromatic heterocycles. The van der Waals surface area contributed by atoms with Crippen molar-refractivity contribution in [3.63, 3.8) is 0 Å². The summed E-state index contributed by atoms with van der Waals surface area (Å²) in [7, 11) is 0. The van der Waals surface area contributed by atoms with Crippen molar-refractivity contribution in [2.45, 2.75) is 26.4 Å². The summed E-state index contributed by atoms with van der Waals surface area (Å²) < 4.78 is 2.08. The summed E-state index contributed by atoms with van der Waals surface area (Å²) in [6.45, 7) is 5.55. The fraction of sp³-hybridized carbons (Fsp3) is 0.500. The van der Waals surface area contributed by atoms with Crippen LogP contribution in [0.4, 0.5) is 11.8 Å². The second-order valence-corrected chi connectivity index (χ2v) is 4.53. The lowest BCUT2D eigenvalue weighted by molar-refractivity contribution is 0.556. The Hall–Kier alpha value is -2.18. The van der Waals surface area contributed by atoms with E-state index in [1.807, 2.05) is 6.07 Å². The monoisotopic (exact) mass is 259 g/mol. The molecule has 2 aromatic rings. The van der Waals surface area contributed by atoms with E-state index in [2.05, 4.69) is 41.9 Å².